The third-order valence-electron chi connectivity index (χ3n) is 3.80. The van der Waals surface area contributed by atoms with Crippen molar-refractivity contribution in [3.8, 4) is 0 Å². The molecule has 23 heavy (non-hydrogen) atoms. The third kappa shape index (κ3) is 5.05. The molecule has 2 aromatic carbocycles. The SMILES string of the molecule is CCOCCO[C@H](C)C(=O)N[C@@H](C)c1ccc2ccccc2c1. The van der Waals surface area contributed by atoms with Crippen LogP contribution in [0.2, 0.25) is 0 Å². The average molecular weight is 315 g/mol. The van der Waals surface area contributed by atoms with Crippen molar-refractivity contribution in [2.75, 3.05) is 19.8 Å². The number of rotatable bonds is 8. The molecule has 1 N–H and O–H groups in total. The molecule has 1 amide bonds. The predicted octanol–water partition coefficient (Wildman–Crippen LogP) is 3.46. The maximum Gasteiger partial charge on any atom is 0.249 e. The van der Waals surface area contributed by atoms with Crippen molar-refractivity contribution in [1.29, 1.82) is 0 Å². The van der Waals surface area contributed by atoms with E-state index in [9.17, 15) is 4.79 Å². The van der Waals surface area contributed by atoms with Crippen LogP contribution in [-0.2, 0) is 14.3 Å². The molecule has 2 aromatic rings. The molecule has 4 nitrogen and oxygen atoms in total. The van der Waals surface area contributed by atoms with E-state index in [0.717, 1.165) is 5.56 Å². The minimum Gasteiger partial charge on any atom is -0.379 e. The maximum absolute atomic E-state index is 12.2. The fourth-order valence-corrected chi connectivity index (χ4v) is 2.40. The molecule has 4 heteroatoms. The molecular formula is C19H25NO3. The second-order valence-electron chi connectivity index (χ2n) is 5.55. The van der Waals surface area contributed by atoms with Gasteiger partial charge in [0.05, 0.1) is 19.3 Å². The fraction of sp³-hybridized carbons (Fsp3) is 0.421. The van der Waals surface area contributed by atoms with Crippen LogP contribution in [0.5, 0.6) is 0 Å². The zero-order chi connectivity index (χ0) is 16.7. The van der Waals surface area contributed by atoms with E-state index in [1.54, 1.807) is 6.92 Å². The van der Waals surface area contributed by atoms with E-state index in [2.05, 4.69) is 29.6 Å². The minimum atomic E-state index is -0.488. The lowest BCUT2D eigenvalue weighted by Gasteiger charge is -2.18. The van der Waals surface area contributed by atoms with E-state index >= 15 is 0 Å². The van der Waals surface area contributed by atoms with Gasteiger partial charge in [-0.05, 0) is 43.2 Å². The van der Waals surface area contributed by atoms with Crippen molar-refractivity contribution in [2.24, 2.45) is 0 Å². The number of nitrogens with one attached hydrogen (secondary N) is 1. The van der Waals surface area contributed by atoms with Gasteiger partial charge in [0, 0.05) is 6.61 Å². The van der Waals surface area contributed by atoms with Crippen molar-refractivity contribution in [3.05, 3.63) is 48.0 Å². The zero-order valence-electron chi connectivity index (χ0n) is 14.0. The summed E-state index contributed by atoms with van der Waals surface area (Å²) in [6, 6.07) is 14.4. The first-order chi connectivity index (χ1) is 11.1. The number of fused-ring (bicyclic) bond motifs is 1. The molecule has 2 rings (SSSR count). The summed E-state index contributed by atoms with van der Waals surface area (Å²) < 4.78 is 10.7. The maximum atomic E-state index is 12.2. The Bertz CT molecular complexity index is 641. The van der Waals surface area contributed by atoms with Crippen molar-refractivity contribution in [3.63, 3.8) is 0 Å². The number of carbonyl (C=O) groups is 1. The molecule has 0 radical (unpaired) electrons. The summed E-state index contributed by atoms with van der Waals surface area (Å²) in [5, 5.41) is 5.37. The van der Waals surface area contributed by atoms with E-state index in [1.165, 1.54) is 10.8 Å². The zero-order valence-corrected chi connectivity index (χ0v) is 14.0. The molecule has 0 fully saturated rings. The van der Waals surface area contributed by atoms with Gasteiger partial charge < -0.3 is 14.8 Å². The molecule has 0 aliphatic rings. The van der Waals surface area contributed by atoms with Crippen molar-refractivity contribution in [2.45, 2.75) is 32.9 Å². The first kappa shape index (κ1) is 17.4. The molecule has 0 aromatic heterocycles. The number of hydrogen-bond donors (Lipinski definition) is 1. The van der Waals surface area contributed by atoms with Crippen LogP contribution in [-0.4, -0.2) is 31.8 Å². The number of ether oxygens (including phenoxy) is 2. The molecule has 124 valence electrons. The van der Waals surface area contributed by atoms with Crippen molar-refractivity contribution < 1.29 is 14.3 Å². The summed E-state index contributed by atoms with van der Waals surface area (Å²) in [5.41, 5.74) is 1.08. The Balaban J connectivity index is 1.91. The van der Waals surface area contributed by atoms with Crippen molar-refractivity contribution in [1.82, 2.24) is 5.32 Å². The molecule has 2 atom stereocenters. The highest BCUT2D eigenvalue weighted by Crippen LogP contribution is 2.20. The predicted molar refractivity (Wildman–Crippen MR) is 92.4 cm³/mol. The van der Waals surface area contributed by atoms with Crippen LogP contribution in [0.25, 0.3) is 10.8 Å². The molecule has 0 aliphatic carbocycles. The Morgan fingerprint density at radius 1 is 1.09 bits per heavy atom. The highest BCUT2D eigenvalue weighted by atomic mass is 16.5. The van der Waals surface area contributed by atoms with Crippen LogP contribution in [0.15, 0.2) is 42.5 Å². The van der Waals surface area contributed by atoms with Gasteiger partial charge in [0.15, 0.2) is 0 Å². The molecular weight excluding hydrogens is 290 g/mol. The van der Waals surface area contributed by atoms with E-state index in [0.29, 0.717) is 19.8 Å². The lowest BCUT2D eigenvalue weighted by Crippen LogP contribution is -2.36. The smallest absolute Gasteiger partial charge is 0.249 e. The molecule has 0 spiro atoms. The third-order valence-corrected chi connectivity index (χ3v) is 3.80. The fourth-order valence-electron chi connectivity index (χ4n) is 2.40. The number of amides is 1. The van der Waals surface area contributed by atoms with Gasteiger partial charge in [0.1, 0.15) is 6.10 Å². The molecule has 0 bridgehead atoms. The van der Waals surface area contributed by atoms with Gasteiger partial charge >= 0.3 is 0 Å². The molecule has 0 unspecified atom stereocenters. The second kappa shape index (κ2) is 8.65. The number of hydrogen-bond acceptors (Lipinski definition) is 3. The summed E-state index contributed by atoms with van der Waals surface area (Å²) in [7, 11) is 0. The summed E-state index contributed by atoms with van der Waals surface area (Å²) in [6.07, 6.45) is -0.488. The quantitative estimate of drug-likeness (QED) is 0.759. The lowest BCUT2D eigenvalue weighted by atomic mass is 10.0. The van der Waals surface area contributed by atoms with Gasteiger partial charge in [-0.1, -0.05) is 36.4 Å². The van der Waals surface area contributed by atoms with Crippen LogP contribution in [0, 0.1) is 0 Å². The highest BCUT2D eigenvalue weighted by molar-refractivity contribution is 5.84. The van der Waals surface area contributed by atoms with Gasteiger partial charge in [-0.2, -0.15) is 0 Å². The summed E-state index contributed by atoms with van der Waals surface area (Å²) in [4.78, 5) is 12.2. The normalized spacial score (nSPS) is 13.7. The topological polar surface area (TPSA) is 47.6 Å². The van der Waals surface area contributed by atoms with Gasteiger partial charge in [0.2, 0.25) is 5.91 Å². The molecule has 0 saturated carbocycles. The monoisotopic (exact) mass is 315 g/mol. The Hall–Kier alpha value is -1.91. The van der Waals surface area contributed by atoms with Gasteiger partial charge in [0.25, 0.3) is 0 Å². The first-order valence-corrected chi connectivity index (χ1v) is 8.10. The summed E-state index contributed by atoms with van der Waals surface area (Å²) >= 11 is 0. The van der Waals surface area contributed by atoms with E-state index in [-0.39, 0.29) is 11.9 Å². The van der Waals surface area contributed by atoms with E-state index in [1.807, 2.05) is 32.0 Å². The van der Waals surface area contributed by atoms with Crippen LogP contribution >= 0.6 is 0 Å². The van der Waals surface area contributed by atoms with Gasteiger partial charge in [-0.15, -0.1) is 0 Å². The van der Waals surface area contributed by atoms with Crippen LogP contribution < -0.4 is 5.32 Å². The van der Waals surface area contributed by atoms with Crippen LogP contribution in [0.1, 0.15) is 32.4 Å². The lowest BCUT2D eigenvalue weighted by molar-refractivity contribution is -0.133. The summed E-state index contributed by atoms with van der Waals surface area (Å²) in [5.74, 6) is -0.109. The highest BCUT2D eigenvalue weighted by Gasteiger charge is 2.16. The second-order valence-corrected chi connectivity index (χ2v) is 5.55. The van der Waals surface area contributed by atoms with Crippen LogP contribution in [0.3, 0.4) is 0 Å². The van der Waals surface area contributed by atoms with E-state index < -0.39 is 6.10 Å². The van der Waals surface area contributed by atoms with Gasteiger partial charge in [-0.3, -0.25) is 4.79 Å². The molecule has 0 heterocycles. The Morgan fingerprint density at radius 2 is 1.83 bits per heavy atom. The standard InChI is InChI=1S/C19H25NO3/c1-4-22-11-12-23-15(3)19(21)20-14(2)17-10-9-16-7-5-6-8-18(16)13-17/h5-10,13-15H,4,11-12H2,1-3H3,(H,20,21)/t14-,15+/m0/s1. The van der Waals surface area contributed by atoms with Gasteiger partial charge in [-0.25, -0.2) is 0 Å². The molecule has 0 saturated heterocycles. The van der Waals surface area contributed by atoms with E-state index in [4.69, 9.17) is 9.47 Å². The first-order valence-electron chi connectivity index (χ1n) is 8.10. The largest absolute Gasteiger partial charge is 0.379 e. The summed E-state index contributed by atoms with van der Waals surface area (Å²) in [6.45, 7) is 7.26. The Morgan fingerprint density at radius 3 is 2.57 bits per heavy atom. The Kier molecular flexibility index (Phi) is 6.56. The molecule has 0 aliphatic heterocycles. The number of carbonyl (C=O) groups excluding carboxylic acids is 1. The number of benzene rings is 2. The minimum absolute atomic E-state index is 0.0648. The van der Waals surface area contributed by atoms with Crippen molar-refractivity contribution >= 4 is 16.7 Å². The average Bonchev–Trinajstić information content (AvgIpc) is 2.58. The Labute approximate surface area is 137 Å². The van der Waals surface area contributed by atoms with Crippen LogP contribution in [0.4, 0.5) is 0 Å².